The fourth-order valence-corrected chi connectivity index (χ4v) is 3.82. The van der Waals surface area contributed by atoms with Crippen LogP contribution in [0.25, 0.3) is 0 Å². The van der Waals surface area contributed by atoms with Crippen molar-refractivity contribution in [2.45, 2.75) is 37.1 Å². The van der Waals surface area contributed by atoms with E-state index in [1.807, 2.05) is 0 Å². The van der Waals surface area contributed by atoms with Crippen LogP contribution in [-0.2, 0) is 19.0 Å². The summed E-state index contributed by atoms with van der Waals surface area (Å²) < 4.78 is 21.9. The Morgan fingerprint density at radius 3 is 1.82 bits per heavy atom. The summed E-state index contributed by atoms with van der Waals surface area (Å²) in [7, 11) is 0. The minimum Gasteiger partial charge on any atom is -0.508 e. The van der Waals surface area contributed by atoms with Gasteiger partial charge in [0, 0.05) is 5.56 Å². The van der Waals surface area contributed by atoms with E-state index in [9.17, 15) is 39.9 Å². The van der Waals surface area contributed by atoms with Crippen LogP contribution in [0.1, 0.15) is 27.1 Å². The predicted octanol–water partition coefficient (Wildman–Crippen LogP) is 1.67. The van der Waals surface area contributed by atoms with Crippen molar-refractivity contribution < 1.29 is 58.9 Å². The van der Waals surface area contributed by atoms with E-state index in [0.717, 1.165) is 0 Å². The van der Waals surface area contributed by atoms with Crippen LogP contribution in [-0.4, -0.2) is 80.6 Å². The van der Waals surface area contributed by atoms with Crippen molar-refractivity contribution in [3.05, 3.63) is 83.9 Å². The summed E-state index contributed by atoms with van der Waals surface area (Å²) in [4.78, 5) is 37.3. The van der Waals surface area contributed by atoms with Crippen LogP contribution < -0.4 is 4.74 Å². The number of aromatic hydroxyl groups is 3. The van der Waals surface area contributed by atoms with Gasteiger partial charge in [0.05, 0.1) is 5.56 Å². The molecule has 12 nitrogen and oxygen atoms in total. The summed E-state index contributed by atoms with van der Waals surface area (Å²) in [5.41, 5.74) is 0.219. The lowest BCUT2D eigenvalue weighted by atomic mass is 9.99. The Kier molecular flexibility index (Phi) is 8.84. The molecule has 0 unspecified atom stereocenters. The quantitative estimate of drug-likeness (QED) is 0.146. The highest BCUT2D eigenvalue weighted by atomic mass is 16.7. The van der Waals surface area contributed by atoms with Crippen molar-refractivity contribution >= 4 is 17.7 Å². The molecule has 0 amide bonds. The normalized spacial score (nSPS) is 22.2. The van der Waals surface area contributed by atoms with Gasteiger partial charge in [0.2, 0.25) is 6.29 Å². The number of carbonyl (C=O) groups is 3. The van der Waals surface area contributed by atoms with Crippen LogP contribution in [0.4, 0.5) is 0 Å². The van der Waals surface area contributed by atoms with Crippen molar-refractivity contribution in [2.75, 3.05) is 6.61 Å². The molecule has 0 bridgehead atoms. The molecule has 1 aliphatic heterocycles. The van der Waals surface area contributed by atoms with Crippen LogP contribution in [0.2, 0.25) is 0 Å². The fraction of sp³-hybridized carbons (Fsp3) is 0.250. The molecule has 1 heterocycles. The minimum atomic E-state index is -1.75. The summed E-state index contributed by atoms with van der Waals surface area (Å²) in [5.74, 6) is -2.41. The predicted molar refractivity (Wildman–Crippen MR) is 135 cm³/mol. The first-order valence-corrected chi connectivity index (χ1v) is 12.1. The van der Waals surface area contributed by atoms with E-state index in [4.69, 9.17) is 18.9 Å². The lowest BCUT2D eigenvalue weighted by Gasteiger charge is -2.41. The van der Waals surface area contributed by atoms with E-state index in [1.165, 1.54) is 72.8 Å². The third kappa shape index (κ3) is 7.05. The van der Waals surface area contributed by atoms with Gasteiger partial charge in [-0.1, -0.05) is 0 Å². The molecule has 5 atom stereocenters. The number of phenols is 3. The molecule has 0 radical (unpaired) electrons. The molecule has 1 fully saturated rings. The van der Waals surface area contributed by atoms with E-state index in [1.54, 1.807) is 0 Å². The molecule has 3 aromatic carbocycles. The lowest BCUT2D eigenvalue weighted by Crippen LogP contribution is -2.61. The summed E-state index contributed by atoms with van der Waals surface area (Å²) in [5, 5.41) is 49.8. The van der Waals surface area contributed by atoms with Gasteiger partial charge < -0.3 is 44.5 Å². The Hall–Kier alpha value is -4.65. The van der Waals surface area contributed by atoms with Gasteiger partial charge in [-0.2, -0.15) is 0 Å². The first-order valence-electron chi connectivity index (χ1n) is 12.1. The number of carbonyl (C=O) groups excluding carboxylic acids is 3. The number of ketones is 1. The zero-order valence-electron chi connectivity index (χ0n) is 20.8. The third-order valence-electron chi connectivity index (χ3n) is 5.98. The number of aliphatic hydroxyl groups excluding tert-OH is 2. The molecular formula is C28H26O12. The number of hydrogen-bond acceptors (Lipinski definition) is 12. The first-order chi connectivity index (χ1) is 19.1. The van der Waals surface area contributed by atoms with Gasteiger partial charge in [0.1, 0.15) is 54.3 Å². The van der Waals surface area contributed by atoms with Gasteiger partial charge in [-0.25, -0.2) is 4.79 Å². The second kappa shape index (κ2) is 12.5. The van der Waals surface area contributed by atoms with Gasteiger partial charge in [0.25, 0.3) is 0 Å². The highest BCUT2D eigenvalue weighted by Gasteiger charge is 2.48. The summed E-state index contributed by atoms with van der Waals surface area (Å²) in [6, 6.07) is 15.8. The lowest BCUT2D eigenvalue weighted by molar-refractivity contribution is -0.277. The molecular weight excluding hydrogens is 528 g/mol. The summed E-state index contributed by atoms with van der Waals surface area (Å²) in [6.45, 7) is -0.575. The number of Topliss-reactive ketones (excluding diaryl/α,β-unsaturated/α-hetero) is 1. The monoisotopic (exact) mass is 554 g/mol. The van der Waals surface area contributed by atoms with Gasteiger partial charge in [0.15, 0.2) is 11.9 Å². The smallest absolute Gasteiger partial charge is 0.338 e. The Morgan fingerprint density at radius 2 is 1.25 bits per heavy atom. The standard InChI is InChI=1S/C28H26O12/c29-17-5-1-15(2-6-17)21(32)13-23(33)37-14-22-24(34)25(35)26(40-27(36)16-3-7-18(30)8-4-16)28(39-22)38-20-11-9-19(31)10-12-20/h1-12,22,24-26,28-31,34-35H,13-14H2/t22-,24+,25-,26+,28+/m0/s1. The Balaban J connectivity index is 1.44. The van der Waals surface area contributed by atoms with Crippen molar-refractivity contribution in [3.63, 3.8) is 0 Å². The molecule has 3 aromatic rings. The van der Waals surface area contributed by atoms with Gasteiger partial charge in [-0.15, -0.1) is 0 Å². The fourth-order valence-electron chi connectivity index (χ4n) is 3.82. The van der Waals surface area contributed by atoms with Crippen molar-refractivity contribution in [3.8, 4) is 23.0 Å². The highest BCUT2D eigenvalue weighted by molar-refractivity contribution is 6.06. The number of phenolic OH excluding ortho intramolecular Hbond substituents is 3. The number of esters is 2. The molecule has 40 heavy (non-hydrogen) atoms. The van der Waals surface area contributed by atoms with E-state index in [-0.39, 0.29) is 34.1 Å². The molecule has 0 spiro atoms. The maximum atomic E-state index is 12.7. The average Bonchev–Trinajstić information content (AvgIpc) is 2.93. The average molecular weight is 555 g/mol. The molecule has 12 heteroatoms. The Bertz CT molecular complexity index is 1320. The molecule has 0 aliphatic carbocycles. The van der Waals surface area contributed by atoms with Crippen LogP contribution >= 0.6 is 0 Å². The number of ether oxygens (including phenoxy) is 4. The summed E-state index contributed by atoms with van der Waals surface area (Å²) in [6.07, 6.45) is -8.46. The van der Waals surface area contributed by atoms with E-state index < -0.39 is 61.5 Å². The van der Waals surface area contributed by atoms with Gasteiger partial charge in [-0.3, -0.25) is 9.59 Å². The zero-order valence-corrected chi connectivity index (χ0v) is 20.8. The Morgan fingerprint density at radius 1 is 0.725 bits per heavy atom. The van der Waals surface area contributed by atoms with E-state index in [0.29, 0.717) is 0 Å². The van der Waals surface area contributed by atoms with Gasteiger partial charge >= 0.3 is 11.9 Å². The first kappa shape index (κ1) is 28.4. The van der Waals surface area contributed by atoms with Crippen LogP contribution in [0.3, 0.4) is 0 Å². The van der Waals surface area contributed by atoms with Crippen LogP contribution in [0.5, 0.6) is 23.0 Å². The number of rotatable bonds is 9. The highest BCUT2D eigenvalue weighted by Crippen LogP contribution is 2.28. The number of hydrogen-bond donors (Lipinski definition) is 5. The second-order valence-corrected chi connectivity index (χ2v) is 8.88. The van der Waals surface area contributed by atoms with Crippen LogP contribution in [0.15, 0.2) is 72.8 Å². The van der Waals surface area contributed by atoms with Crippen molar-refractivity contribution in [1.82, 2.24) is 0 Å². The number of benzene rings is 3. The summed E-state index contributed by atoms with van der Waals surface area (Å²) >= 11 is 0. The molecule has 5 N–H and O–H groups in total. The molecule has 210 valence electrons. The SMILES string of the molecule is O=C(CC(=O)c1ccc(O)cc1)OC[C@@H]1O[C@@H](Oc2ccc(O)cc2)[C@H](OC(=O)c2ccc(O)cc2)[C@@H](O)[C@@H]1O. The molecule has 1 saturated heterocycles. The molecule has 1 aliphatic rings. The van der Waals surface area contributed by atoms with E-state index >= 15 is 0 Å². The van der Waals surface area contributed by atoms with Crippen molar-refractivity contribution in [2.24, 2.45) is 0 Å². The molecule has 0 aromatic heterocycles. The Labute approximate surface area is 227 Å². The topological polar surface area (TPSA) is 189 Å². The van der Waals surface area contributed by atoms with Gasteiger partial charge in [-0.05, 0) is 72.8 Å². The minimum absolute atomic E-state index is 0.0391. The maximum Gasteiger partial charge on any atom is 0.338 e. The molecule has 4 rings (SSSR count). The van der Waals surface area contributed by atoms with E-state index in [2.05, 4.69) is 0 Å². The maximum absolute atomic E-state index is 12.7. The van der Waals surface area contributed by atoms with Crippen LogP contribution in [0, 0.1) is 0 Å². The molecule has 0 saturated carbocycles. The zero-order chi connectivity index (χ0) is 28.8. The van der Waals surface area contributed by atoms with Crippen molar-refractivity contribution in [1.29, 1.82) is 0 Å². The number of aliphatic hydroxyl groups is 2. The second-order valence-electron chi connectivity index (χ2n) is 8.88. The largest absolute Gasteiger partial charge is 0.508 e. The third-order valence-corrected chi connectivity index (χ3v) is 5.98.